The van der Waals surface area contributed by atoms with Crippen LogP contribution in [-0.4, -0.2) is 23.6 Å². The number of thioether (sulfide) groups is 1. The minimum absolute atomic E-state index is 0.344. The van der Waals surface area contributed by atoms with Gasteiger partial charge in [0.25, 0.3) is 0 Å². The Morgan fingerprint density at radius 1 is 1.47 bits per heavy atom. The molecular formula is C14H20O2S. The highest BCUT2D eigenvalue weighted by molar-refractivity contribution is 7.99. The highest BCUT2D eigenvalue weighted by Crippen LogP contribution is 2.31. The summed E-state index contributed by atoms with van der Waals surface area (Å²) in [5.74, 6) is 0.993. The molecule has 0 amide bonds. The monoisotopic (exact) mass is 252 g/mol. The minimum atomic E-state index is -0.344. The summed E-state index contributed by atoms with van der Waals surface area (Å²) in [4.78, 5) is 1.19. The summed E-state index contributed by atoms with van der Waals surface area (Å²) >= 11 is 1.80. The van der Waals surface area contributed by atoms with Gasteiger partial charge in [-0.25, -0.2) is 0 Å². The maximum atomic E-state index is 9.96. The largest absolute Gasteiger partial charge is 0.388 e. The topological polar surface area (TPSA) is 29.5 Å². The third-order valence-electron chi connectivity index (χ3n) is 3.11. The summed E-state index contributed by atoms with van der Waals surface area (Å²) in [6.07, 6.45) is 3.17. The summed E-state index contributed by atoms with van der Waals surface area (Å²) in [5.41, 5.74) is 1.05. The van der Waals surface area contributed by atoms with Crippen molar-refractivity contribution in [2.45, 2.75) is 43.3 Å². The van der Waals surface area contributed by atoms with Crippen LogP contribution in [0.5, 0.6) is 0 Å². The fourth-order valence-electron chi connectivity index (χ4n) is 2.07. The van der Waals surface area contributed by atoms with Gasteiger partial charge in [0, 0.05) is 17.3 Å². The van der Waals surface area contributed by atoms with E-state index >= 15 is 0 Å². The molecule has 1 N–H and O–H groups in total. The number of hydrogen-bond donors (Lipinski definition) is 1. The standard InChI is InChI=1S/C14H20O2S/c1-2-13(15)12-7-3-4-8-14(12)17-10-11-6-5-9-16-11/h3-4,7-8,11,13,15H,2,5-6,9-10H2,1H3/t11?,13-/m1/s1. The van der Waals surface area contributed by atoms with E-state index in [-0.39, 0.29) is 6.10 Å². The highest BCUT2D eigenvalue weighted by atomic mass is 32.2. The molecule has 1 aromatic carbocycles. The van der Waals surface area contributed by atoms with E-state index in [1.54, 1.807) is 11.8 Å². The lowest BCUT2D eigenvalue weighted by atomic mass is 10.1. The Balaban J connectivity index is 1.98. The van der Waals surface area contributed by atoms with Gasteiger partial charge in [-0.05, 0) is 30.9 Å². The van der Waals surface area contributed by atoms with E-state index < -0.39 is 0 Å². The predicted octanol–water partition coefficient (Wildman–Crippen LogP) is 3.40. The van der Waals surface area contributed by atoms with Crippen molar-refractivity contribution in [3.05, 3.63) is 29.8 Å². The fourth-order valence-corrected chi connectivity index (χ4v) is 3.24. The molecule has 2 rings (SSSR count). The Labute approximate surface area is 107 Å². The molecule has 1 saturated heterocycles. The van der Waals surface area contributed by atoms with Crippen molar-refractivity contribution in [1.29, 1.82) is 0 Å². The second kappa shape index (κ2) is 6.43. The Morgan fingerprint density at radius 2 is 2.29 bits per heavy atom. The van der Waals surface area contributed by atoms with Crippen molar-refractivity contribution >= 4 is 11.8 Å². The Morgan fingerprint density at radius 3 is 3.00 bits per heavy atom. The molecule has 0 aliphatic carbocycles. The van der Waals surface area contributed by atoms with Crippen LogP contribution < -0.4 is 0 Å². The van der Waals surface area contributed by atoms with Crippen molar-refractivity contribution in [3.8, 4) is 0 Å². The van der Waals surface area contributed by atoms with E-state index in [4.69, 9.17) is 4.74 Å². The van der Waals surface area contributed by atoms with Crippen molar-refractivity contribution in [2.75, 3.05) is 12.4 Å². The molecule has 0 bridgehead atoms. The Hall–Kier alpha value is -0.510. The molecule has 1 aliphatic rings. The molecule has 1 aromatic rings. The van der Waals surface area contributed by atoms with Crippen molar-refractivity contribution in [2.24, 2.45) is 0 Å². The molecule has 0 aromatic heterocycles. The highest BCUT2D eigenvalue weighted by Gasteiger charge is 2.17. The first kappa shape index (κ1) is 12.9. The van der Waals surface area contributed by atoms with Crippen LogP contribution in [0.1, 0.15) is 37.9 Å². The zero-order valence-electron chi connectivity index (χ0n) is 10.3. The van der Waals surface area contributed by atoms with Gasteiger partial charge in [-0.1, -0.05) is 25.1 Å². The molecule has 0 spiro atoms. The molecule has 2 atom stereocenters. The van der Waals surface area contributed by atoms with Crippen LogP contribution in [0, 0.1) is 0 Å². The predicted molar refractivity (Wildman–Crippen MR) is 71.4 cm³/mol. The average molecular weight is 252 g/mol. The van der Waals surface area contributed by atoms with E-state index in [0.29, 0.717) is 6.10 Å². The minimum Gasteiger partial charge on any atom is -0.388 e. The quantitative estimate of drug-likeness (QED) is 0.814. The lowest BCUT2D eigenvalue weighted by Gasteiger charge is -2.15. The van der Waals surface area contributed by atoms with E-state index in [2.05, 4.69) is 6.07 Å². The zero-order chi connectivity index (χ0) is 12.1. The molecule has 0 radical (unpaired) electrons. The van der Waals surface area contributed by atoms with Crippen LogP contribution in [0.15, 0.2) is 29.2 Å². The van der Waals surface area contributed by atoms with Gasteiger partial charge in [-0.15, -0.1) is 11.8 Å². The molecule has 2 nitrogen and oxygen atoms in total. The van der Waals surface area contributed by atoms with Crippen LogP contribution in [0.3, 0.4) is 0 Å². The van der Waals surface area contributed by atoms with Gasteiger partial charge >= 0.3 is 0 Å². The molecule has 1 heterocycles. The van der Waals surface area contributed by atoms with Gasteiger partial charge in [0.15, 0.2) is 0 Å². The fraction of sp³-hybridized carbons (Fsp3) is 0.571. The van der Waals surface area contributed by atoms with Gasteiger partial charge in [0.1, 0.15) is 0 Å². The molecule has 3 heteroatoms. The lowest BCUT2D eigenvalue weighted by Crippen LogP contribution is -2.08. The van der Waals surface area contributed by atoms with Crippen LogP contribution in [0.2, 0.25) is 0 Å². The van der Waals surface area contributed by atoms with Crippen molar-refractivity contribution in [1.82, 2.24) is 0 Å². The summed E-state index contributed by atoms with van der Waals surface area (Å²) in [5, 5.41) is 9.96. The van der Waals surface area contributed by atoms with Gasteiger partial charge < -0.3 is 9.84 Å². The van der Waals surface area contributed by atoms with Gasteiger partial charge in [0.2, 0.25) is 0 Å². The van der Waals surface area contributed by atoms with Gasteiger partial charge in [-0.3, -0.25) is 0 Å². The number of aliphatic hydroxyl groups is 1. The van der Waals surface area contributed by atoms with Gasteiger partial charge in [0.05, 0.1) is 12.2 Å². The Kier molecular flexibility index (Phi) is 4.89. The number of ether oxygens (including phenoxy) is 1. The maximum absolute atomic E-state index is 9.96. The van der Waals surface area contributed by atoms with E-state index in [1.165, 1.54) is 17.7 Å². The van der Waals surface area contributed by atoms with Crippen LogP contribution in [0.4, 0.5) is 0 Å². The first-order valence-corrected chi connectivity index (χ1v) is 7.31. The number of aliphatic hydroxyl groups excluding tert-OH is 1. The van der Waals surface area contributed by atoms with Crippen molar-refractivity contribution in [3.63, 3.8) is 0 Å². The van der Waals surface area contributed by atoms with E-state index in [1.807, 2.05) is 25.1 Å². The van der Waals surface area contributed by atoms with Crippen LogP contribution in [-0.2, 0) is 4.74 Å². The van der Waals surface area contributed by atoms with Crippen molar-refractivity contribution < 1.29 is 9.84 Å². The summed E-state index contributed by atoms with van der Waals surface area (Å²) < 4.78 is 5.62. The third kappa shape index (κ3) is 3.47. The first-order chi connectivity index (χ1) is 8.31. The number of hydrogen-bond acceptors (Lipinski definition) is 3. The van der Waals surface area contributed by atoms with Crippen LogP contribution in [0.25, 0.3) is 0 Å². The van der Waals surface area contributed by atoms with Gasteiger partial charge in [-0.2, -0.15) is 0 Å². The molecular weight excluding hydrogens is 232 g/mol. The molecule has 0 saturated carbocycles. The van der Waals surface area contributed by atoms with E-state index in [9.17, 15) is 5.11 Å². The van der Waals surface area contributed by atoms with Crippen LogP contribution >= 0.6 is 11.8 Å². The number of rotatable bonds is 5. The lowest BCUT2D eigenvalue weighted by molar-refractivity contribution is 0.129. The summed E-state index contributed by atoms with van der Waals surface area (Å²) in [6, 6.07) is 8.13. The second-order valence-electron chi connectivity index (χ2n) is 4.41. The number of benzene rings is 1. The smallest absolute Gasteiger partial charge is 0.0798 e. The summed E-state index contributed by atoms with van der Waals surface area (Å²) in [6.45, 7) is 2.91. The average Bonchev–Trinajstić information content (AvgIpc) is 2.89. The molecule has 94 valence electrons. The normalized spacial score (nSPS) is 21.6. The third-order valence-corrected chi connectivity index (χ3v) is 4.33. The Bertz CT molecular complexity index is 348. The first-order valence-electron chi connectivity index (χ1n) is 6.32. The molecule has 1 unspecified atom stereocenters. The summed E-state index contributed by atoms with van der Waals surface area (Å²) in [7, 11) is 0. The zero-order valence-corrected chi connectivity index (χ0v) is 11.1. The molecule has 1 aliphatic heterocycles. The molecule has 1 fully saturated rings. The maximum Gasteiger partial charge on any atom is 0.0798 e. The SMILES string of the molecule is CC[C@@H](O)c1ccccc1SCC1CCCO1. The second-order valence-corrected chi connectivity index (χ2v) is 5.47. The van der Waals surface area contributed by atoms with E-state index in [0.717, 1.165) is 24.3 Å². The molecule has 17 heavy (non-hydrogen) atoms.